The maximum atomic E-state index is 11.5. The number of rotatable bonds is 4. The van der Waals surface area contributed by atoms with Crippen LogP contribution >= 0.6 is 0 Å². The van der Waals surface area contributed by atoms with Gasteiger partial charge >= 0.3 is 5.97 Å². The Morgan fingerprint density at radius 2 is 1.96 bits per heavy atom. The first-order valence-electron chi connectivity index (χ1n) is 7.53. The molecule has 2 aromatic heterocycles. The van der Waals surface area contributed by atoms with E-state index in [-0.39, 0.29) is 11.3 Å². The standard InChI is InChI=1S/C18H18N2O3/c1-10(2)13-6-4-12(5-7-13)9-15-16-14(18(21)22)8-11(3)19-17(16)23-20-15/h4-8,10H,9H2,1-3H3,(H,21,22). The molecule has 0 amide bonds. The Kier molecular flexibility index (Phi) is 3.86. The van der Waals surface area contributed by atoms with Gasteiger partial charge in [0.1, 0.15) is 0 Å². The molecule has 0 radical (unpaired) electrons. The smallest absolute Gasteiger partial charge is 0.336 e. The molecule has 23 heavy (non-hydrogen) atoms. The fourth-order valence-corrected chi connectivity index (χ4v) is 2.64. The van der Waals surface area contributed by atoms with Gasteiger partial charge in [0.05, 0.1) is 16.6 Å². The van der Waals surface area contributed by atoms with Crippen LogP contribution in [0.5, 0.6) is 0 Å². The molecule has 1 N–H and O–H groups in total. The number of aromatic carboxylic acids is 1. The zero-order valence-electron chi connectivity index (χ0n) is 13.3. The summed E-state index contributed by atoms with van der Waals surface area (Å²) in [4.78, 5) is 15.7. The highest BCUT2D eigenvalue weighted by atomic mass is 16.5. The normalized spacial score (nSPS) is 11.3. The molecule has 0 atom stereocenters. The van der Waals surface area contributed by atoms with Gasteiger partial charge in [0.2, 0.25) is 0 Å². The van der Waals surface area contributed by atoms with Crippen LogP contribution < -0.4 is 0 Å². The molecule has 0 aliphatic rings. The fraction of sp³-hybridized carbons (Fsp3) is 0.278. The Morgan fingerprint density at radius 3 is 2.57 bits per heavy atom. The summed E-state index contributed by atoms with van der Waals surface area (Å²) in [5, 5.41) is 13.9. The van der Waals surface area contributed by atoms with Crippen LogP contribution in [-0.4, -0.2) is 21.2 Å². The second-order valence-electron chi connectivity index (χ2n) is 6.00. The zero-order valence-corrected chi connectivity index (χ0v) is 13.3. The Bertz CT molecular complexity index is 864. The van der Waals surface area contributed by atoms with Crippen LogP contribution in [0.4, 0.5) is 0 Å². The first kappa shape index (κ1) is 15.2. The first-order valence-corrected chi connectivity index (χ1v) is 7.53. The van der Waals surface area contributed by atoms with Crippen LogP contribution in [0.2, 0.25) is 0 Å². The van der Waals surface area contributed by atoms with Crippen molar-refractivity contribution in [2.24, 2.45) is 0 Å². The molecule has 0 saturated heterocycles. The van der Waals surface area contributed by atoms with E-state index in [1.165, 1.54) is 5.56 Å². The predicted octanol–water partition coefficient (Wildman–Crippen LogP) is 3.94. The van der Waals surface area contributed by atoms with Crippen molar-refractivity contribution in [3.8, 4) is 0 Å². The number of aromatic nitrogens is 2. The largest absolute Gasteiger partial charge is 0.478 e. The number of carboxylic acid groups (broad SMARTS) is 1. The third-order valence-corrected chi connectivity index (χ3v) is 3.89. The van der Waals surface area contributed by atoms with E-state index in [2.05, 4.69) is 36.1 Å². The van der Waals surface area contributed by atoms with Crippen LogP contribution in [0, 0.1) is 6.92 Å². The molecule has 0 spiro atoms. The minimum atomic E-state index is -1.000. The van der Waals surface area contributed by atoms with Gasteiger partial charge in [0.25, 0.3) is 5.71 Å². The van der Waals surface area contributed by atoms with Crippen molar-refractivity contribution in [3.05, 3.63) is 58.4 Å². The zero-order chi connectivity index (χ0) is 16.6. The molecule has 2 heterocycles. The first-order chi connectivity index (χ1) is 11.0. The van der Waals surface area contributed by atoms with Crippen molar-refractivity contribution in [1.82, 2.24) is 10.1 Å². The molecule has 5 heteroatoms. The molecule has 0 aliphatic heterocycles. The second-order valence-corrected chi connectivity index (χ2v) is 6.00. The summed E-state index contributed by atoms with van der Waals surface area (Å²) >= 11 is 0. The Balaban J connectivity index is 2.02. The molecule has 0 saturated carbocycles. The van der Waals surface area contributed by atoms with E-state index >= 15 is 0 Å². The fourth-order valence-electron chi connectivity index (χ4n) is 2.64. The van der Waals surface area contributed by atoms with E-state index in [0.717, 1.165) is 5.56 Å². The molecule has 0 unspecified atom stereocenters. The van der Waals surface area contributed by atoms with Crippen LogP contribution in [0.1, 0.15) is 52.6 Å². The van der Waals surface area contributed by atoms with Gasteiger partial charge in [-0.25, -0.2) is 9.78 Å². The highest BCUT2D eigenvalue weighted by molar-refractivity contribution is 6.02. The van der Waals surface area contributed by atoms with Crippen molar-refractivity contribution < 1.29 is 14.4 Å². The number of carboxylic acids is 1. The Morgan fingerprint density at radius 1 is 1.26 bits per heavy atom. The van der Waals surface area contributed by atoms with E-state index in [1.807, 2.05) is 12.1 Å². The summed E-state index contributed by atoms with van der Waals surface area (Å²) in [6.07, 6.45) is 0.510. The number of aryl methyl sites for hydroxylation is 1. The maximum Gasteiger partial charge on any atom is 0.336 e. The second kappa shape index (κ2) is 5.83. The van der Waals surface area contributed by atoms with Crippen LogP contribution in [0.25, 0.3) is 11.1 Å². The van der Waals surface area contributed by atoms with Crippen LogP contribution in [0.15, 0.2) is 34.9 Å². The van der Waals surface area contributed by atoms with Gasteiger partial charge in [-0.15, -0.1) is 0 Å². The predicted molar refractivity (Wildman–Crippen MR) is 86.8 cm³/mol. The van der Waals surface area contributed by atoms with Crippen molar-refractivity contribution in [2.75, 3.05) is 0 Å². The number of hydrogen-bond donors (Lipinski definition) is 1. The Labute approximate surface area is 134 Å². The topological polar surface area (TPSA) is 76.2 Å². The van der Waals surface area contributed by atoms with Crippen molar-refractivity contribution in [3.63, 3.8) is 0 Å². The van der Waals surface area contributed by atoms with E-state index in [1.54, 1.807) is 13.0 Å². The monoisotopic (exact) mass is 310 g/mol. The number of nitrogens with zero attached hydrogens (tertiary/aromatic N) is 2. The molecule has 0 aliphatic carbocycles. The van der Waals surface area contributed by atoms with E-state index in [4.69, 9.17) is 4.52 Å². The molecule has 0 fully saturated rings. The third kappa shape index (κ3) is 2.95. The summed E-state index contributed by atoms with van der Waals surface area (Å²) < 4.78 is 5.23. The molecular formula is C18H18N2O3. The average molecular weight is 310 g/mol. The minimum absolute atomic E-state index is 0.183. The Hall–Kier alpha value is -2.69. The molecule has 3 rings (SSSR count). The lowest BCUT2D eigenvalue weighted by Crippen LogP contribution is -2.01. The summed E-state index contributed by atoms with van der Waals surface area (Å²) in [6, 6.07) is 9.80. The summed E-state index contributed by atoms with van der Waals surface area (Å²) in [7, 11) is 0. The van der Waals surface area contributed by atoms with Gasteiger partial charge < -0.3 is 9.63 Å². The lowest BCUT2D eigenvalue weighted by molar-refractivity contribution is 0.0698. The molecule has 3 aromatic rings. The van der Waals surface area contributed by atoms with Gasteiger partial charge in [-0.1, -0.05) is 43.3 Å². The third-order valence-electron chi connectivity index (χ3n) is 3.89. The van der Waals surface area contributed by atoms with E-state index in [9.17, 15) is 9.90 Å². The van der Waals surface area contributed by atoms with Crippen LogP contribution in [-0.2, 0) is 6.42 Å². The van der Waals surface area contributed by atoms with Gasteiger partial charge in [0, 0.05) is 12.1 Å². The lowest BCUT2D eigenvalue weighted by atomic mass is 9.99. The average Bonchev–Trinajstić information content (AvgIpc) is 2.89. The SMILES string of the molecule is Cc1cc(C(=O)O)c2c(Cc3ccc(C(C)C)cc3)noc2n1. The minimum Gasteiger partial charge on any atom is -0.478 e. The molecule has 0 bridgehead atoms. The summed E-state index contributed by atoms with van der Waals surface area (Å²) in [5.41, 5.74) is 3.98. The van der Waals surface area contributed by atoms with E-state index < -0.39 is 5.97 Å². The number of hydrogen-bond acceptors (Lipinski definition) is 4. The number of carbonyl (C=O) groups is 1. The van der Waals surface area contributed by atoms with Crippen molar-refractivity contribution in [2.45, 2.75) is 33.1 Å². The molecule has 5 nitrogen and oxygen atoms in total. The molecule has 1 aromatic carbocycles. The number of fused-ring (bicyclic) bond motifs is 1. The van der Waals surface area contributed by atoms with Crippen LogP contribution in [0.3, 0.4) is 0 Å². The lowest BCUT2D eigenvalue weighted by Gasteiger charge is -2.06. The summed E-state index contributed by atoms with van der Waals surface area (Å²) in [5.74, 6) is -0.525. The van der Waals surface area contributed by atoms with Gasteiger partial charge in [-0.05, 0) is 30.0 Å². The summed E-state index contributed by atoms with van der Waals surface area (Å²) in [6.45, 7) is 6.03. The van der Waals surface area contributed by atoms with Crippen molar-refractivity contribution in [1.29, 1.82) is 0 Å². The number of pyridine rings is 1. The van der Waals surface area contributed by atoms with E-state index in [0.29, 0.717) is 29.1 Å². The molecular weight excluding hydrogens is 292 g/mol. The quantitative estimate of drug-likeness (QED) is 0.789. The van der Waals surface area contributed by atoms with Crippen molar-refractivity contribution >= 4 is 17.1 Å². The van der Waals surface area contributed by atoms with Gasteiger partial charge in [-0.3, -0.25) is 0 Å². The maximum absolute atomic E-state index is 11.5. The highest BCUT2D eigenvalue weighted by Gasteiger charge is 2.19. The van der Waals surface area contributed by atoms with Gasteiger partial charge in [0.15, 0.2) is 0 Å². The molecule has 118 valence electrons. The van der Waals surface area contributed by atoms with Gasteiger partial charge in [-0.2, -0.15) is 0 Å². The number of benzene rings is 1. The highest BCUT2D eigenvalue weighted by Crippen LogP contribution is 2.25.